The number of nitrogens with one attached hydrogen (secondary N) is 1. The van der Waals surface area contributed by atoms with E-state index in [0.29, 0.717) is 19.2 Å². The van der Waals surface area contributed by atoms with Crippen molar-refractivity contribution in [2.24, 2.45) is 0 Å². The molecular formula is C20H27ClN2O2. The van der Waals surface area contributed by atoms with Gasteiger partial charge < -0.3 is 19.7 Å². The molecule has 0 radical (unpaired) electrons. The molecule has 2 aliphatic rings. The minimum atomic E-state index is -0.431. The molecule has 1 aromatic heterocycles. The van der Waals surface area contributed by atoms with Crippen LogP contribution in [-0.4, -0.2) is 41.6 Å². The van der Waals surface area contributed by atoms with Crippen LogP contribution in [0.3, 0.4) is 0 Å². The summed E-state index contributed by atoms with van der Waals surface area (Å²) in [7, 11) is 0. The predicted octanol–water partition coefficient (Wildman–Crippen LogP) is 3.30. The van der Waals surface area contributed by atoms with Crippen molar-refractivity contribution in [2.75, 3.05) is 19.7 Å². The SMILES string of the molecule is O[C@H](CNC[C@H]1CCCO1)Cn1c2c(c3cccc(Cl)c31)CCCC2. The summed E-state index contributed by atoms with van der Waals surface area (Å²) < 4.78 is 7.89. The Kier molecular flexibility index (Phi) is 5.32. The van der Waals surface area contributed by atoms with Gasteiger partial charge in [-0.05, 0) is 50.2 Å². The van der Waals surface area contributed by atoms with E-state index in [2.05, 4.69) is 16.0 Å². The Balaban J connectivity index is 1.50. The number of para-hydroxylation sites is 1. The van der Waals surface area contributed by atoms with Gasteiger partial charge in [0.1, 0.15) is 0 Å². The van der Waals surface area contributed by atoms with Crippen LogP contribution in [0.15, 0.2) is 18.2 Å². The van der Waals surface area contributed by atoms with Gasteiger partial charge in [-0.25, -0.2) is 0 Å². The fourth-order valence-corrected chi connectivity index (χ4v) is 4.62. The molecule has 0 amide bonds. The van der Waals surface area contributed by atoms with Crippen molar-refractivity contribution < 1.29 is 9.84 Å². The first kappa shape index (κ1) is 17.3. The van der Waals surface area contributed by atoms with E-state index < -0.39 is 6.10 Å². The van der Waals surface area contributed by atoms with Crippen LogP contribution < -0.4 is 5.32 Å². The number of ether oxygens (including phenoxy) is 1. The second-order valence-electron chi connectivity index (χ2n) is 7.33. The molecule has 4 rings (SSSR count). The number of aromatic nitrogens is 1. The first-order valence-corrected chi connectivity index (χ1v) is 9.90. The third kappa shape index (κ3) is 3.59. The minimum Gasteiger partial charge on any atom is -0.390 e. The van der Waals surface area contributed by atoms with Gasteiger partial charge in [0.25, 0.3) is 0 Å². The quantitative estimate of drug-likeness (QED) is 0.828. The van der Waals surface area contributed by atoms with Crippen molar-refractivity contribution in [3.8, 4) is 0 Å². The van der Waals surface area contributed by atoms with Crippen LogP contribution >= 0.6 is 11.6 Å². The molecule has 1 aromatic carbocycles. The van der Waals surface area contributed by atoms with Crippen molar-refractivity contribution in [2.45, 2.75) is 57.3 Å². The molecule has 5 heteroatoms. The van der Waals surface area contributed by atoms with Gasteiger partial charge in [-0.15, -0.1) is 0 Å². The number of aliphatic hydroxyl groups excluding tert-OH is 1. The van der Waals surface area contributed by atoms with Gasteiger partial charge in [0.05, 0.1) is 29.3 Å². The minimum absolute atomic E-state index is 0.307. The van der Waals surface area contributed by atoms with Gasteiger partial charge in [0.2, 0.25) is 0 Å². The third-order valence-corrected chi connectivity index (χ3v) is 5.82. The van der Waals surface area contributed by atoms with E-state index in [9.17, 15) is 5.11 Å². The number of hydrogen-bond acceptors (Lipinski definition) is 3. The molecule has 0 saturated carbocycles. The van der Waals surface area contributed by atoms with Gasteiger partial charge in [-0.1, -0.05) is 23.7 Å². The molecule has 1 saturated heterocycles. The highest BCUT2D eigenvalue weighted by Crippen LogP contribution is 2.35. The van der Waals surface area contributed by atoms with Crippen LogP contribution in [-0.2, 0) is 24.1 Å². The van der Waals surface area contributed by atoms with Crippen LogP contribution in [0.25, 0.3) is 10.9 Å². The lowest BCUT2D eigenvalue weighted by Gasteiger charge is -2.20. The Morgan fingerprint density at radius 1 is 1.28 bits per heavy atom. The van der Waals surface area contributed by atoms with Gasteiger partial charge in [-0.2, -0.15) is 0 Å². The first-order valence-electron chi connectivity index (χ1n) is 9.53. The number of benzene rings is 1. The molecule has 1 fully saturated rings. The van der Waals surface area contributed by atoms with Crippen LogP contribution in [0.1, 0.15) is 36.9 Å². The molecular weight excluding hydrogens is 336 g/mol. The highest BCUT2D eigenvalue weighted by atomic mass is 35.5. The maximum atomic E-state index is 10.6. The molecule has 0 unspecified atom stereocenters. The highest BCUT2D eigenvalue weighted by molar-refractivity contribution is 6.35. The fourth-order valence-electron chi connectivity index (χ4n) is 4.34. The van der Waals surface area contributed by atoms with E-state index in [0.717, 1.165) is 49.4 Å². The van der Waals surface area contributed by atoms with E-state index in [-0.39, 0.29) is 0 Å². The van der Waals surface area contributed by atoms with E-state index in [1.54, 1.807) is 0 Å². The maximum Gasteiger partial charge on any atom is 0.0843 e. The lowest BCUT2D eigenvalue weighted by molar-refractivity contribution is 0.101. The molecule has 1 aliphatic heterocycles. The fraction of sp³-hybridized carbons (Fsp3) is 0.600. The molecule has 0 bridgehead atoms. The molecule has 136 valence electrons. The van der Waals surface area contributed by atoms with Crippen LogP contribution in [0.5, 0.6) is 0 Å². The number of halogens is 1. The Bertz CT molecular complexity index is 737. The summed E-state index contributed by atoms with van der Waals surface area (Å²) in [6.07, 6.45) is 6.80. The Hall–Kier alpha value is -1.07. The monoisotopic (exact) mass is 362 g/mol. The lowest BCUT2D eigenvalue weighted by atomic mass is 9.95. The average molecular weight is 363 g/mol. The van der Waals surface area contributed by atoms with Crippen LogP contribution in [0, 0.1) is 0 Å². The largest absolute Gasteiger partial charge is 0.390 e. The zero-order chi connectivity index (χ0) is 17.2. The predicted molar refractivity (Wildman–Crippen MR) is 101 cm³/mol. The number of aliphatic hydroxyl groups is 1. The van der Waals surface area contributed by atoms with E-state index in [1.807, 2.05) is 12.1 Å². The average Bonchev–Trinajstić information content (AvgIpc) is 3.23. The van der Waals surface area contributed by atoms with E-state index in [1.165, 1.54) is 29.5 Å². The van der Waals surface area contributed by atoms with Crippen LogP contribution in [0.4, 0.5) is 0 Å². The lowest BCUT2D eigenvalue weighted by Crippen LogP contribution is -2.35. The standard InChI is InChI=1S/C20H27ClN2O2/c21-18-8-3-7-17-16-6-1-2-9-19(16)23(20(17)18)13-14(24)11-22-12-15-5-4-10-25-15/h3,7-8,14-15,22,24H,1-2,4-6,9-13H2/t14-,15-/m1/s1. The zero-order valence-corrected chi connectivity index (χ0v) is 15.4. The Labute approximate surface area is 154 Å². The number of rotatable bonds is 6. The van der Waals surface area contributed by atoms with Crippen molar-refractivity contribution in [1.29, 1.82) is 0 Å². The smallest absolute Gasteiger partial charge is 0.0843 e. The third-order valence-electron chi connectivity index (χ3n) is 5.52. The maximum absolute atomic E-state index is 10.6. The van der Waals surface area contributed by atoms with Gasteiger partial charge in [0, 0.05) is 30.8 Å². The number of aryl methyl sites for hydroxylation is 1. The molecule has 1 aliphatic carbocycles. The molecule has 0 spiro atoms. The zero-order valence-electron chi connectivity index (χ0n) is 14.6. The topological polar surface area (TPSA) is 46.4 Å². The number of nitrogens with zero attached hydrogens (tertiary/aromatic N) is 1. The summed E-state index contributed by atoms with van der Waals surface area (Å²) >= 11 is 6.52. The summed E-state index contributed by atoms with van der Waals surface area (Å²) in [5.41, 5.74) is 3.89. The summed E-state index contributed by atoms with van der Waals surface area (Å²) in [6.45, 7) is 2.87. The van der Waals surface area contributed by atoms with Gasteiger partial charge in [0.15, 0.2) is 0 Å². The summed E-state index contributed by atoms with van der Waals surface area (Å²) in [4.78, 5) is 0. The Morgan fingerprint density at radius 2 is 2.16 bits per heavy atom. The second-order valence-corrected chi connectivity index (χ2v) is 7.73. The molecule has 2 atom stereocenters. The van der Waals surface area contributed by atoms with Crippen molar-refractivity contribution in [3.05, 3.63) is 34.5 Å². The number of hydrogen-bond donors (Lipinski definition) is 2. The summed E-state index contributed by atoms with van der Waals surface area (Å²) in [5, 5.41) is 16.0. The second kappa shape index (κ2) is 7.67. The Morgan fingerprint density at radius 3 is 3.00 bits per heavy atom. The van der Waals surface area contributed by atoms with E-state index >= 15 is 0 Å². The molecule has 2 N–H and O–H groups in total. The van der Waals surface area contributed by atoms with Crippen LogP contribution in [0.2, 0.25) is 5.02 Å². The normalized spacial score (nSPS) is 21.6. The summed E-state index contributed by atoms with van der Waals surface area (Å²) in [6, 6.07) is 6.15. The first-order chi connectivity index (χ1) is 12.2. The van der Waals surface area contributed by atoms with Crippen molar-refractivity contribution in [1.82, 2.24) is 9.88 Å². The number of fused-ring (bicyclic) bond motifs is 3. The molecule has 4 nitrogen and oxygen atoms in total. The van der Waals surface area contributed by atoms with Crippen molar-refractivity contribution >= 4 is 22.5 Å². The molecule has 25 heavy (non-hydrogen) atoms. The summed E-state index contributed by atoms with van der Waals surface area (Å²) in [5.74, 6) is 0. The van der Waals surface area contributed by atoms with Gasteiger partial charge >= 0.3 is 0 Å². The molecule has 2 aromatic rings. The van der Waals surface area contributed by atoms with Crippen molar-refractivity contribution in [3.63, 3.8) is 0 Å². The van der Waals surface area contributed by atoms with Gasteiger partial charge in [-0.3, -0.25) is 0 Å². The highest BCUT2D eigenvalue weighted by Gasteiger charge is 2.23. The molecule has 2 heterocycles. The van der Waals surface area contributed by atoms with E-state index in [4.69, 9.17) is 16.3 Å².